The predicted molar refractivity (Wildman–Crippen MR) is 71.8 cm³/mol. The Labute approximate surface area is 106 Å². The number of hydrogen-bond donors (Lipinski definition) is 0. The maximum absolute atomic E-state index is 12.1. The van der Waals surface area contributed by atoms with Crippen molar-refractivity contribution in [2.45, 2.75) is 66.2 Å². The normalized spacial score (nSPS) is 31.2. The van der Waals surface area contributed by atoms with Gasteiger partial charge in [0, 0.05) is 6.42 Å². The summed E-state index contributed by atoms with van der Waals surface area (Å²) in [5.41, 5.74) is 3.09. The first kappa shape index (κ1) is 12.9. The minimum atomic E-state index is 0.380. The Kier molecular flexibility index (Phi) is 3.47. The fourth-order valence-electron chi connectivity index (χ4n) is 3.77. The molecule has 0 aromatic carbocycles. The lowest BCUT2D eigenvalue weighted by Crippen LogP contribution is -2.03. The van der Waals surface area contributed by atoms with Gasteiger partial charge in [-0.25, -0.2) is 0 Å². The third kappa shape index (κ3) is 2.09. The molecule has 0 bridgehead atoms. The van der Waals surface area contributed by atoms with E-state index in [1.807, 2.05) is 0 Å². The second-order valence-electron chi connectivity index (χ2n) is 6.34. The Balaban J connectivity index is 2.15. The highest BCUT2D eigenvalue weighted by atomic mass is 16.1. The molecule has 0 aromatic rings. The molecule has 1 heteroatoms. The molecule has 0 radical (unpaired) electrons. The van der Waals surface area contributed by atoms with E-state index < -0.39 is 0 Å². The topological polar surface area (TPSA) is 17.1 Å². The van der Waals surface area contributed by atoms with Crippen LogP contribution in [0, 0.1) is 17.3 Å². The molecule has 0 aliphatic heterocycles. The van der Waals surface area contributed by atoms with Crippen LogP contribution in [0.4, 0.5) is 0 Å². The Morgan fingerprint density at radius 3 is 2.53 bits per heavy atom. The fourth-order valence-corrected chi connectivity index (χ4v) is 3.77. The van der Waals surface area contributed by atoms with E-state index in [0.717, 1.165) is 25.2 Å². The summed E-state index contributed by atoms with van der Waals surface area (Å²) in [5, 5.41) is 0. The van der Waals surface area contributed by atoms with Gasteiger partial charge in [-0.2, -0.15) is 0 Å². The fraction of sp³-hybridized carbons (Fsp3) is 0.812. The van der Waals surface area contributed by atoms with E-state index in [9.17, 15) is 4.79 Å². The number of ketones is 1. The average molecular weight is 234 g/mol. The van der Waals surface area contributed by atoms with Crippen molar-refractivity contribution < 1.29 is 4.79 Å². The van der Waals surface area contributed by atoms with Crippen molar-refractivity contribution >= 4 is 5.78 Å². The van der Waals surface area contributed by atoms with Gasteiger partial charge in [0.15, 0.2) is 5.78 Å². The van der Waals surface area contributed by atoms with Gasteiger partial charge in [0.05, 0.1) is 0 Å². The van der Waals surface area contributed by atoms with Gasteiger partial charge < -0.3 is 0 Å². The summed E-state index contributed by atoms with van der Waals surface area (Å²) in [6.45, 7) is 9.15. The molecule has 2 atom stereocenters. The van der Waals surface area contributed by atoms with E-state index in [1.54, 1.807) is 0 Å². The lowest BCUT2D eigenvalue weighted by atomic mass is 9.98. The summed E-state index contributed by atoms with van der Waals surface area (Å²) in [4.78, 5) is 12.1. The molecule has 0 amide bonds. The zero-order chi connectivity index (χ0) is 12.6. The number of allylic oxidation sites excluding steroid dienone is 2. The van der Waals surface area contributed by atoms with E-state index in [2.05, 4.69) is 27.7 Å². The Morgan fingerprint density at radius 2 is 1.94 bits per heavy atom. The van der Waals surface area contributed by atoms with Gasteiger partial charge >= 0.3 is 0 Å². The zero-order valence-corrected chi connectivity index (χ0v) is 11.8. The molecular formula is C16H26O. The quantitative estimate of drug-likeness (QED) is 0.683. The molecule has 2 aliphatic rings. The van der Waals surface area contributed by atoms with Crippen LogP contribution in [0.15, 0.2) is 11.1 Å². The first-order valence-corrected chi connectivity index (χ1v) is 7.29. The molecule has 0 N–H and O–H groups in total. The molecule has 17 heavy (non-hydrogen) atoms. The third-order valence-corrected chi connectivity index (χ3v) is 4.99. The van der Waals surface area contributed by atoms with Crippen molar-refractivity contribution in [1.82, 2.24) is 0 Å². The molecule has 1 fully saturated rings. The van der Waals surface area contributed by atoms with Crippen LogP contribution in [0.5, 0.6) is 0 Å². The van der Waals surface area contributed by atoms with Crippen molar-refractivity contribution in [2.24, 2.45) is 17.3 Å². The molecule has 0 spiro atoms. The van der Waals surface area contributed by atoms with Crippen molar-refractivity contribution in [2.75, 3.05) is 0 Å². The molecule has 0 aromatic heterocycles. The first-order chi connectivity index (χ1) is 8.04. The van der Waals surface area contributed by atoms with Gasteiger partial charge in [0.2, 0.25) is 0 Å². The molecule has 2 unspecified atom stereocenters. The van der Waals surface area contributed by atoms with Gasteiger partial charge in [-0.05, 0) is 42.1 Å². The maximum atomic E-state index is 12.1. The van der Waals surface area contributed by atoms with Crippen LogP contribution in [0.2, 0.25) is 0 Å². The van der Waals surface area contributed by atoms with Crippen molar-refractivity contribution in [3.05, 3.63) is 11.1 Å². The Morgan fingerprint density at radius 1 is 1.24 bits per heavy atom. The molecule has 2 rings (SSSR count). The summed E-state index contributed by atoms with van der Waals surface area (Å²) in [5.74, 6) is 1.80. The Hall–Kier alpha value is -0.590. The van der Waals surface area contributed by atoms with Crippen LogP contribution in [-0.2, 0) is 4.79 Å². The minimum Gasteiger partial charge on any atom is -0.295 e. The number of carbonyl (C=O) groups excluding carboxylic acids is 1. The smallest absolute Gasteiger partial charge is 0.159 e. The van der Waals surface area contributed by atoms with E-state index in [4.69, 9.17) is 0 Å². The standard InChI is InChI=1S/C16H26O/c1-5-7-8-12-15(16(12,3)4)14-11(6-2)9-10-13(14)17/h12,15H,5-10H2,1-4H3. The van der Waals surface area contributed by atoms with Gasteiger partial charge in [0.25, 0.3) is 0 Å². The highest BCUT2D eigenvalue weighted by molar-refractivity contribution is 6.00. The molecule has 1 nitrogen and oxygen atoms in total. The predicted octanol–water partition coefficient (Wildman–Crippen LogP) is 4.52. The van der Waals surface area contributed by atoms with Crippen LogP contribution in [0.3, 0.4) is 0 Å². The van der Waals surface area contributed by atoms with E-state index >= 15 is 0 Å². The van der Waals surface area contributed by atoms with E-state index in [0.29, 0.717) is 17.1 Å². The highest BCUT2D eigenvalue weighted by Gasteiger charge is 2.60. The van der Waals surface area contributed by atoms with Crippen molar-refractivity contribution in [1.29, 1.82) is 0 Å². The summed E-state index contributed by atoms with van der Waals surface area (Å²) >= 11 is 0. The molecule has 0 saturated heterocycles. The van der Waals surface area contributed by atoms with Crippen LogP contribution in [0.25, 0.3) is 0 Å². The molecule has 2 aliphatic carbocycles. The van der Waals surface area contributed by atoms with E-state index in [1.165, 1.54) is 30.4 Å². The molecule has 1 saturated carbocycles. The summed E-state index contributed by atoms with van der Waals surface area (Å²) in [6.07, 6.45) is 6.79. The second kappa shape index (κ2) is 4.59. The van der Waals surface area contributed by atoms with Gasteiger partial charge in [0.1, 0.15) is 0 Å². The molecular weight excluding hydrogens is 208 g/mol. The van der Waals surface area contributed by atoms with Crippen LogP contribution in [-0.4, -0.2) is 5.78 Å². The number of Topliss-reactive ketones (excluding diaryl/α,β-unsaturated/α-hetero) is 1. The monoisotopic (exact) mass is 234 g/mol. The van der Waals surface area contributed by atoms with Crippen LogP contribution in [0.1, 0.15) is 66.2 Å². The van der Waals surface area contributed by atoms with Crippen LogP contribution < -0.4 is 0 Å². The SMILES string of the molecule is CCCCC1C(C2=C(CC)CCC2=O)C1(C)C. The zero-order valence-electron chi connectivity index (χ0n) is 11.8. The lowest BCUT2D eigenvalue weighted by molar-refractivity contribution is -0.115. The van der Waals surface area contributed by atoms with Crippen molar-refractivity contribution in [3.8, 4) is 0 Å². The number of hydrogen-bond acceptors (Lipinski definition) is 1. The number of rotatable bonds is 5. The molecule has 0 heterocycles. The van der Waals surface area contributed by atoms with Gasteiger partial charge in [-0.15, -0.1) is 0 Å². The summed E-state index contributed by atoms with van der Waals surface area (Å²) < 4.78 is 0. The van der Waals surface area contributed by atoms with Gasteiger partial charge in [-0.3, -0.25) is 4.79 Å². The lowest BCUT2D eigenvalue weighted by Gasteiger charge is -2.05. The minimum absolute atomic E-state index is 0.380. The van der Waals surface area contributed by atoms with Crippen LogP contribution >= 0.6 is 0 Å². The Bertz CT molecular complexity index is 349. The summed E-state index contributed by atoms with van der Waals surface area (Å²) in [6, 6.07) is 0. The number of carbonyl (C=O) groups is 1. The first-order valence-electron chi connectivity index (χ1n) is 7.29. The second-order valence-corrected chi connectivity index (χ2v) is 6.34. The highest BCUT2D eigenvalue weighted by Crippen LogP contribution is 2.65. The van der Waals surface area contributed by atoms with Crippen molar-refractivity contribution in [3.63, 3.8) is 0 Å². The van der Waals surface area contributed by atoms with E-state index in [-0.39, 0.29) is 0 Å². The largest absolute Gasteiger partial charge is 0.295 e. The maximum Gasteiger partial charge on any atom is 0.159 e. The average Bonchev–Trinajstić information content (AvgIpc) is 2.64. The van der Waals surface area contributed by atoms with Gasteiger partial charge in [-0.1, -0.05) is 46.1 Å². The third-order valence-electron chi connectivity index (χ3n) is 4.99. The molecule has 96 valence electrons. The number of unbranched alkanes of at least 4 members (excludes halogenated alkanes) is 1. The summed E-state index contributed by atoms with van der Waals surface area (Å²) in [7, 11) is 0.